The highest BCUT2D eigenvalue weighted by atomic mass is 19.1. The molecule has 1 amide bonds. The zero-order valence-corrected chi connectivity index (χ0v) is 9.51. The van der Waals surface area contributed by atoms with E-state index in [0.29, 0.717) is 11.3 Å². The molecule has 5 heteroatoms. The van der Waals surface area contributed by atoms with Crippen LogP contribution in [0.15, 0.2) is 48.8 Å². The van der Waals surface area contributed by atoms with Gasteiger partial charge in [-0.1, -0.05) is 12.1 Å². The number of nitrogens with zero attached hydrogens (tertiary/aromatic N) is 1. The normalized spacial score (nSPS) is 11.8. The van der Waals surface area contributed by atoms with Gasteiger partial charge in [0, 0.05) is 23.6 Å². The van der Waals surface area contributed by atoms with E-state index in [4.69, 9.17) is 5.73 Å². The maximum absolute atomic E-state index is 13.1. The fourth-order valence-corrected chi connectivity index (χ4v) is 1.61. The molecule has 18 heavy (non-hydrogen) atoms. The molecule has 0 bridgehead atoms. The van der Waals surface area contributed by atoms with Crippen molar-refractivity contribution in [3.05, 3.63) is 60.2 Å². The molecule has 0 saturated carbocycles. The number of halogens is 1. The Morgan fingerprint density at radius 1 is 1.33 bits per heavy atom. The van der Waals surface area contributed by atoms with Gasteiger partial charge in [0.2, 0.25) is 5.91 Å². The standard InChI is InChI=1S/C13H12FN3O/c14-10-4-1-5-11(7-10)17-12(13(15)18)9-3-2-6-16-8-9/h1-8,12,17H,(H2,15,18). The van der Waals surface area contributed by atoms with Crippen LogP contribution in [0.2, 0.25) is 0 Å². The summed E-state index contributed by atoms with van der Waals surface area (Å²) in [7, 11) is 0. The molecular weight excluding hydrogens is 233 g/mol. The number of benzene rings is 1. The molecule has 1 unspecified atom stereocenters. The van der Waals surface area contributed by atoms with Crippen LogP contribution >= 0.6 is 0 Å². The van der Waals surface area contributed by atoms with Crippen molar-refractivity contribution in [1.82, 2.24) is 4.98 Å². The van der Waals surface area contributed by atoms with Crippen LogP contribution in [0.5, 0.6) is 0 Å². The summed E-state index contributed by atoms with van der Waals surface area (Å²) in [6, 6.07) is 8.54. The van der Waals surface area contributed by atoms with Crippen LogP contribution in [0.1, 0.15) is 11.6 Å². The van der Waals surface area contributed by atoms with E-state index in [-0.39, 0.29) is 5.82 Å². The van der Waals surface area contributed by atoms with Crippen molar-refractivity contribution in [2.45, 2.75) is 6.04 Å². The van der Waals surface area contributed by atoms with Crippen molar-refractivity contribution in [2.75, 3.05) is 5.32 Å². The van der Waals surface area contributed by atoms with Crippen LogP contribution in [-0.4, -0.2) is 10.9 Å². The molecule has 0 aliphatic rings. The summed E-state index contributed by atoms with van der Waals surface area (Å²) >= 11 is 0. The van der Waals surface area contributed by atoms with Crippen molar-refractivity contribution in [3.8, 4) is 0 Å². The Morgan fingerprint density at radius 2 is 2.17 bits per heavy atom. The Balaban J connectivity index is 2.25. The average molecular weight is 245 g/mol. The van der Waals surface area contributed by atoms with E-state index in [1.54, 1.807) is 36.7 Å². The monoisotopic (exact) mass is 245 g/mol. The lowest BCUT2D eigenvalue weighted by atomic mass is 10.1. The summed E-state index contributed by atoms with van der Waals surface area (Å²) in [4.78, 5) is 15.4. The number of rotatable bonds is 4. The molecule has 0 saturated heterocycles. The van der Waals surface area contributed by atoms with Crippen LogP contribution < -0.4 is 11.1 Å². The minimum Gasteiger partial charge on any atom is -0.370 e. The van der Waals surface area contributed by atoms with Crippen LogP contribution in [0.4, 0.5) is 10.1 Å². The molecule has 1 heterocycles. The lowest BCUT2D eigenvalue weighted by Gasteiger charge is -2.16. The Kier molecular flexibility index (Phi) is 3.52. The maximum Gasteiger partial charge on any atom is 0.244 e. The van der Waals surface area contributed by atoms with Crippen molar-refractivity contribution < 1.29 is 9.18 Å². The Morgan fingerprint density at radius 3 is 2.78 bits per heavy atom. The summed E-state index contributed by atoms with van der Waals surface area (Å²) in [5.41, 5.74) is 6.45. The van der Waals surface area contributed by atoms with Gasteiger partial charge in [-0.15, -0.1) is 0 Å². The lowest BCUT2D eigenvalue weighted by Crippen LogP contribution is -2.27. The van der Waals surface area contributed by atoms with Crippen LogP contribution in [0, 0.1) is 5.82 Å². The lowest BCUT2D eigenvalue weighted by molar-refractivity contribution is -0.118. The minimum absolute atomic E-state index is 0.380. The number of hydrogen-bond acceptors (Lipinski definition) is 3. The molecule has 4 nitrogen and oxygen atoms in total. The van der Waals surface area contributed by atoms with Gasteiger partial charge < -0.3 is 11.1 Å². The average Bonchev–Trinajstić information content (AvgIpc) is 2.37. The van der Waals surface area contributed by atoms with Gasteiger partial charge in [-0.3, -0.25) is 9.78 Å². The predicted molar refractivity (Wildman–Crippen MR) is 66.2 cm³/mol. The van der Waals surface area contributed by atoms with Crippen molar-refractivity contribution in [2.24, 2.45) is 5.73 Å². The molecule has 1 atom stereocenters. The second-order valence-corrected chi connectivity index (χ2v) is 3.78. The maximum atomic E-state index is 13.1. The zero-order chi connectivity index (χ0) is 13.0. The van der Waals surface area contributed by atoms with Gasteiger partial charge in [-0.25, -0.2) is 4.39 Å². The van der Waals surface area contributed by atoms with Crippen molar-refractivity contribution in [1.29, 1.82) is 0 Å². The first-order valence-electron chi connectivity index (χ1n) is 5.38. The van der Waals surface area contributed by atoms with Crippen molar-refractivity contribution >= 4 is 11.6 Å². The van der Waals surface area contributed by atoms with E-state index in [0.717, 1.165) is 0 Å². The molecular formula is C13H12FN3O. The molecule has 0 spiro atoms. The predicted octanol–water partition coefficient (Wildman–Crippen LogP) is 1.86. The number of primary amides is 1. The van der Waals surface area contributed by atoms with Crippen LogP contribution in [-0.2, 0) is 4.79 Å². The van der Waals surface area contributed by atoms with Gasteiger partial charge in [-0.05, 0) is 24.3 Å². The highest BCUT2D eigenvalue weighted by Gasteiger charge is 2.17. The highest BCUT2D eigenvalue weighted by molar-refractivity contribution is 5.84. The third kappa shape index (κ3) is 2.82. The summed E-state index contributed by atoms with van der Waals surface area (Å²) in [5.74, 6) is -0.929. The molecule has 1 aromatic carbocycles. The summed E-state index contributed by atoms with van der Waals surface area (Å²) < 4.78 is 13.1. The number of nitrogens with two attached hydrogens (primary N) is 1. The Bertz CT molecular complexity index is 545. The summed E-state index contributed by atoms with van der Waals surface area (Å²) in [6.45, 7) is 0. The van der Waals surface area contributed by atoms with E-state index >= 15 is 0 Å². The molecule has 0 radical (unpaired) electrons. The molecule has 2 rings (SSSR count). The largest absolute Gasteiger partial charge is 0.370 e. The molecule has 0 aliphatic carbocycles. The number of carbonyl (C=O) groups is 1. The summed E-state index contributed by atoms with van der Waals surface area (Å²) in [6.07, 6.45) is 3.14. The van der Waals surface area contributed by atoms with Crippen molar-refractivity contribution in [3.63, 3.8) is 0 Å². The van der Waals surface area contributed by atoms with Gasteiger partial charge >= 0.3 is 0 Å². The number of hydrogen-bond donors (Lipinski definition) is 2. The summed E-state index contributed by atoms with van der Waals surface area (Å²) in [5, 5.41) is 2.88. The third-order valence-corrected chi connectivity index (χ3v) is 2.44. The minimum atomic E-state index is -0.736. The first kappa shape index (κ1) is 12.0. The number of amides is 1. The molecule has 0 fully saturated rings. The number of nitrogens with one attached hydrogen (secondary N) is 1. The first-order valence-corrected chi connectivity index (χ1v) is 5.38. The van der Waals surface area contributed by atoms with Gasteiger partial charge in [0.05, 0.1) is 0 Å². The van der Waals surface area contributed by atoms with Crippen LogP contribution in [0.25, 0.3) is 0 Å². The van der Waals surface area contributed by atoms with E-state index < -0.39 is 11.9 Å². The van der Waals surface area contributed by atoms with Gasteiger partial charge in [0.15, 0.2) is 0 Å². The quantitative estimate of drug-likeness (QED) is 0.863. The third-order valence-electron chi connectivity index (χ3n) is 2.44. The molecule has 0 aliphatic heterocycles. The molecule has 2 aromatic rings. The number of anilines is 1. The van der Waals surface area contributed by atoms with Gasteiger partial charge in [-0.2, -0.15) is 0 Å². The highest BCUT2D eigenvalue weighted by Crippen LogP contribution is 2.19. The van der Waals surface area contributed by atoms with Gasteiger partial charge in [0.1, 0.15) is 11.9 Å². The topological polar surface area (TPSA) is 68.0 Å². The fourth-order valence-electron chi connectivity index (χ4n) is 1.61. The number of aromatic nitrogens is 1. The zero-order valence-electron chi connectivity index (χ0n) is 9.51. The molecule has 92 valence electrons. The smallest absolute Gasteiger partial charge is 0.244 e. The fraction of sp³-hybridized carbons (Fsp3) is 0.0769. The Hall–Kier alpha value is -2.43. The van der Waals surface area contributed by atoms with E-state index in [9.17, 15) is 9.18 Å². The van der Waals surface area contributed by atoms with Crippen LogP contribution in [0.3, 0.4) is 0 Å². The second-order valence-electron chi connectivity index (χ2n) is 3.78. The Labute approximate surface area is 104 Å². The van der Waals surface area contributed by atoms with E-state index in [1.165, 1.54) is 12.1 Å². The molecule has 3 N–H and O–H groups in total. The van der Waals surface area contributed by atoms with E-state index in [2.05, 4.69) is 10.3 Å². The number of pyridine rings is 1. The van der Waals surface area contributed by atoms with E-state index in [1.807, 2.05) is 0 Å². The number of carbonyl (C=O) groups excluding carboxylic acids is 1. The first-order chi connectivity index (χ1) is 8.66. The van der Waals surface area contributed by atoms with Gasteiger partial charge in [0.25, 0.3) is 0 Å². The SMILES string of the molecule is NC(=O)C(Nc1cccc(F)c1)c1cccnc1. The molecule has 1 aromatic heterocycles. The second kappa shape index (κ2) is 5.27.